The molecule has 0 atom stereocenters. The molecular weight excluding hydrogens is 228 g/mol. The number of ether oxygens (including phenoxy) is 1. The van der Waals surface area contributed by atoms with Crippen LogP contribution >= 0.6 is 0 Å². The maximum absolute atomic E-state index is 5.67. The third-order valence-corrected chi connectivity index (χ3v) is 4.50. The molecule has 0 radical (unpaired) electrons. The second-order valence-electron chi connectivity index (χ2n) is 5.18. The number of furan rings is 1. The zero-order chi connectivity index (χ0) is 12.5. The Bertz CT molecular complexity index is 492. The van der Waals surface area contributed by atoms with Crippen molar-refractivity contribution in [2.24, 2.45) is 0 Å². The molecule has 0 amide bonds. The van der Waals surface area contributed by atoms with E-state index in [9.17, 15) is 0 Å². The highest BCUT2D eigenvalue weighted by molar-refractivity contribution is 6.87. The molecule has 0 spiro atoms. The van der Waals surface area contributed by atoms with Gasteiger partial charge in [-0.05, 0) is 23.8 Å². The lowest BCUT2D eigenvalue weighted by atomic mass is 10.1. The van der Waals surface area contributed by atoms with Gasteiger partial charge < -0.3 is 9.15 Å². The predicted molar refractivity (Wildman–Crippen MR) is 73.7 cm³/mol. The lowest BCUT2D eigenvalue weighted by Gasteiger charge is -2.10. The van der Waals surface area contributed by atoms with Crippen LogP contribution in [0.1, 0.15) is 0 Å². The van der Waals surface area contributed by atoms with Crippen molar-refractivity contribution in [3.05, 3.63) is 36.6 Å². The Morgan fingerprint density at radius 3 is 2.12 bits per heavy atom. The van der Waals surface area contributed by atoms with Crippen LogP contribution in [0.2, 0.25) is 19.6 Å². The first-order valence-corrected chi connectivity index (χ1v) is 9.24. The molecule has 0 N–H and O–H groups in total. The van der Waals surface area contributed by atoms with E-state index in [0.717, 1.165) is 16.7 Å². The van der Waals surface area contributed by atoms with Crippen molar-refractivity contribution in [2.45, 2.75) is 19.6 Å². The van der Waals surface area contributed by atoms with E-state index in [-0.39, 0.29) is 0 Å². The van der Waals surface area contributed by atoms with Crippen LogP contribution < -0.4 is 10.1 Å². The van der Waals surface area contributed by atoms with Crippen molar-refractivity contribution in [1.82, 2.24) is 0 Å². The molecule has 1 heterocycles. The maximum atomic E-state index is 5.67. The van der Waals surface area contributed by atoms with Crippen LogP contribution in [0.3, 0.4) is 0 Å². The number of methoxy groups -OCH3 is 1. The van der Waals surface area contributed by atoms with E-state index >= 15 is 0 Å². The smallest absolute Gasteiger partial charge is 0.123 e. The average Bonchev–Trinajstić information content (AvgIpc) is 2.78. The SMILES string of the molecule is COc1ccc(-c2coc([Si](C)(C)C)c2)cc1. The number of hydrogen-bond donors (Lipinski definition) is 0. The van der Waals surface area contributed by atoms with Gasteiger partial charge in [-0.1, -0.05) is 31.8 Å². The Morgan fingerprint density at radius 2 is 1.65 bits per heavy atom. The summed E-state index contributed by atoms with van der Waals surface area (Å²) in [4.78, 5) is 0. The molecule has 1 aromatic carbocycles. The zero-order valence-electron chi connectivity index (χ0n) is 10.8. The van der Waals surface area contributed by atoms with E-state index in [1.165, 1.54) is 5.56 Å². The Kier molecular flexibility index (Phi) is 3.11. The van der Waals surface area contributed by atoms with E-state index in [0.29, 0.717) is 0 Å². The summed E-state index contributed by atoms with van der Waals surface area (Å²) in [7, 11) is 0.322. The largest absolute Gasteiger partial charge is 0.497 e. The third kappa shape index (κ3) is 2.61. The van der Waals surface area contributed by atoms with Crippen LogP contribution in [0.15, 0.2) is 41.0 Å². The standard InChI is InChI=1S/C14H18O2Si/c1-15-13-7-5-11(6-8-13)12-9-14(16-10-12)17(2,3)4/h5-10H,1-4H3. The molecule has 0 fully saturated rings. The van der Waals surface area contributed by atoms with Crippen molar-refractivity contribution < 1.29 is 9.15 Å². The van der Waals surface area contributed by atoms with Gasteiger partial charge in [0.1, 0.15) is 13.8 Å². The lowest BCUT2D eigenvalue weighted by molar-refractivity contribution is 0.415. The van der Waals surface area contributed by atoms with Crippen molar-refractivity contribution in [3.63, 3.8) is 0 Å². The molecule has 2 nitrogen and oxygen atoms in total. The molecule has 0 unspecified atom stereocenters. The monoisotopic (exact) mass is 246 g/mol. The van der Waals surface area contributed by atoms with Crippen LogP contribution in [-0.4, -0.2) is 15.2 Å². The molecule has 3 heteroatoms. The van der Waals surface area contributed by atoms with Crippen molar-refractivity contribution in [3.8, 4) is 16.9 Å². The summed E-state index contributed by atoms with van der Waals surface area (Å²) in [6.45, 7) is 6.84. The summed E-state index contributed by atoms with van der Waals surface area (Å²) in [6, 6.07) is 10.2. The highest BCUT2D eigenvalue weighted by Gasteiger charge is 2.21. The number of rotatable bonds is 3. The molecule has 0 bridgehead atoms. The second-order valence-corrected chi connectivity index (χ2v) is 10.2. The summed E-state index contributed by atoms with van der Waals surface area (Å²) >= 11 is 0. The third-order valence-electron chi connectivity index (χ3n) is 2.76. The van der Waals surface area contributed by atoms with Crippen LogP contribution in [0.25, 0.3) is 11.1 Å². The molecule has 1 aromatic heterocycles. The van der Waals surface area contributed by atoms with Gasteiger partial charge in [-0.2, -0.15) is 0 Å². The Morgan fingerprint density at radius 1 is 1.00 bits per heavy atom. The summed E-state index contributed by atoms with van der Waals surface area (Å²) in [6.07, 6.45) is 1.84. The minimum Gasteiger partial charge on any atom is -0.497 e. The maximum Gasteiger partial charge on any atom is 0.123 e. The molecule has 17 heavy (non-hydrogen) atoms. The second kappa shape index (κ2) is 4.41. The summed E-state index contributed by atoms with van der Waals surface area (Å²) < 4.78 is 10.8. The minimum absolute atomic E-state index is 0.877. The molecule has 0 aliphatic heterocycles. The van der Waals surface area contributed by atoms with Crippen molar-refractivity contribution in [2.75, 3.05) is 7.11 Å². The Labute approximate surface area is 103 Å². The molecule has 0 aliphatic carbocycles. The van der Waals surface area contributed by atoms with Crippen molar-refractivity contribution in [1.29, 1.82) is 0 Å². The van der Waals surface area contributed by atoms with Gasteiger partial charge in [-0.25, -0.2) is 0 Å². The normalized spacial score (nSPS) is 11.5. The number of benzene rings is 1. The molecule has 2 rings (SSSR count). The lowest BCUT2D eigenvalue weighted by Crippen LogP contribution is -2.36. The highest BCUT2D eigenvalue weighted by atomic mass is 28.3. The average molecular weight is 246 g/mol. The van der Waals surface area contributed by atoms with Gasteiger partial charge in [0.2, 0.25) is 0 Å². The first-order chi connectivity index (χ1) is 8.00. The van der Waals surface area contributed by atoms with E-state index < -0.39 is 8.07 Å². The van der Waals surface area contributed by atoms with E-state index in [1.54, 1.807) is 7.11 Å². The number of hydrogen-bond acceptors (Lipinski definition) is 2. The van der Waals surface area contributed by atoms with Gasteiger partial charge in [0.05, 0.1) is 18.8 Å². The topological polar surface area (TPSA) is 22.4 Å². The van der Waals surface area contributed by atoms with Crippen molar-refractivity contribution >= 4 is 13.5 Å². The summed E-state index contributed by atoms with van der Waals surface area (Å²) in [5.41, 5.74) is 2.31. The van der Waals surface area contributed by atoms with Gasteiger partial charge in [0.25, 0.3) is 0 Å². The quantitative estimate of drug-likeness (QED) is 0.773. The Hall–Kier alpha value is -1.48. The molecule has 0 saturated carbocycles. The zero-order valence-corrected chi connectivity index (χ0v) is 11.8. The van der Waals surface area contributed by atoms with Crippen LogP contribution in [-0.2, 0) is 0 Å². The molecule has 2 aromatic rings. The predicted octanol–water partition coefficient (Wildman–Crippen LogP) is 3.50. The van der Waals surface area contributed by atoms with Gasteiger partial charge in [-0.3, -0.25) is 0 Å². The van der Waals surface area contributed by atoms with Gasteiger partial charge in [-0.15, -0.1) is 0 Å². The summed E-state index contributed by atoms with van der Waals surface area (Å²) in [5.74, 6) is 0.877. The first-order valence-electron chi connectivity index (χ1n) is 5.74. The minimum atomic E-state index is -1.35. The van der Waals surface area contributed by atoms with Crippen LogP contribution in [0, 0.1) is 0 Å². The van der Waals surface area contributed by atoms with Gasteiger partial charge in [0.15, 0.2) is 0 Å². The molecule has 0 aliphatic rings. The van der Waals surface area contributed by atoms with Gasteiger partial charge >= 0.3 is 0 Å². The molecule has 90 valence electrons. The first kappa shape index (κ1) is 12.0. The fraction of sp³-hybridized carbons (Fsp3) is 0.286. The molecule has 0 saturated heterocycles. The Balaban J connectivity index is 2.30. The van der Waals surface area contributed by atoms with Crippen LogP contribution in [0.4, 0.5) is 0 Å². The van der Waals surface area contributed by atoms with E-state index in [4.69, 9.17) is 9.15 Å². The van der Waals surface area contributed by atoms with E-state index in [1.807, 2.05) is 18.4 Å². The van der Waals surface area contributed by atoms with E-state index in [2.05, 4.69) is 37.8 Å². The van der Waals surface area contributed by atoms with Gasteiger partial charge in [0, 0.05) is 5.56 Å². The van der Waals surface area contributed by atoms with Crippen LogP contribution in [0.5, 0.6) is 5.75 Å². The molecular formula is C14H18O2Si. The fourth-order valence-corrected chi connectivity index (χ4v) is 2.67. The fourth-order valence-electron chi connectivity index (χ4n) is 1.66. The summed E-state index contributed by atoms with van der Waals surface area (Å²) in [5, 5.41) is 1.14. The highest BCUT2D eigenvalue weighted by Crippen LogP contribution is 2.22.